The van der Waals surface area contributed by atoms with Crippen molar-refractivity contribution in [1.82, 2.24) is 15.5 Å². The summed E-state index contributed by atoms with van der Waals surface area (Å²) in [4.78, 5) is 7.05. The van der Waals surface area contributed by atoms with Gasteiger partial charge in [-0.25, -0.2) is 0 Å². The Bertz CT molecular complexity index is 235. The molecule has 0 aliphatic carbocycles. The van der Waals surface area contributed by atoms with Gasteiger partial charge in [0.25, 0.3) is 0 Å². The number of likely N-dealkylation sites (N-methyl/N-ethyl adjacent to an activating group) is 1. The van der Waals surface area contributed by atoms with E-state index in [9.17, 15) is 0 Å². The lowest BCUT2D eigenvalue weighted by molar-refractivity contribution is 0.195. The molecule has 0 aliphatic heterocycles. The molecular formula is C14H33IN4O. The average Bonchev–Trinajstić information content (AvgIpc) is 2.42. The predicted octanol–water partition coefficient (Wildman–Crippen LogP) is 1.93. The number of halogens is 1. The fourth-order valence-electron chi connectivity index (χ4n) is 1.95. The van der Waals surface area contributed by atoms with Gasteiger partial charge in [0.05, 0.1) is 6.54 Å². The first-order valence-electron chi connectivity index (χ1n) is 7.44. The molecule has 0 saturated heterocycles. The van der Waals surface area contributed by atoms with Gasteiger partial charge in [0.2, 0.25) is 0 Å². The lowest BCUT2D eigenvalue weighted by atomic mass is 10.3. The van der Waals surface area contributed by atoms with Gasteiger partial charge in [0.1, 0.15) is 0 Å². The molecule has 0 aliphatic rings. The molecule has 0 rings (SSSR count). The molecule has 0 heterocycles. The predicted molar refractivity (Wildman–Crippen MR) is 98.3 cm³/mol. The van der Waals surface area contributed by atoms with Gasteiger partial charge >= 0.3 is 0 Å². The third-order valence-electron chi connectivity index (χ3n) is 3.11. The van der Waals surface area contributed by atoms with Crippen LogP contribution in [0.5, 0.6) is 0 Å². The minimum absolute atomic E-state index is 0. The summed E-state index contributed by atoms with van der Waals surface area (Å²) in [6.07, 6.45) is 0.993. The van der Waals surface area contributed by atoms with E-state index in [2.05, 4.69) is 48.2 Å². The zero-order chi connectivity index (χ0) is 14.5. The smallest absolute Gasteiger partial charge is 0.191 e. The van der Waals surface area contributed by atoms with E-state index in [1.165, 1.54) is 0 Å². The fourth-order valence-corrected chi connectivity index (χ4v) is 1.95. The number of nitrogens with zero attached hydrogens (tertiary/aromatic N) is 2. The summed E-state index contributed by atoms with van der Waals surface area (Å²) >= 11 is 0. The normalized spacial score (nSPS) is 13.0. The second-order valence-corrected chi connectivity index (χ2v) is 4.56. The largest absolute Gasteiger partial charge is 0.385 e. The molecule has 6 heteroatoms. The van der Waals surface area contributed by atoms with Crippen LogP contribution in [0.1, 0.15) is 34.1 Å². The minimum Gasteiger partial charge on any atom is -0.385 e. The molecule has 0 bridgehead atoms. The van der Waals surface area contributed by atoms with Crippen LogP contribution in [-0.4, -0.2) is 63.3 Å². The van der Waals surface area contributed by atoms with Crippen molar-refractivity contribution in [2.45, 2.75) is 40.2 Å². The van der Waals surface area contributed by atoms with Crippen LogP contribution in [0.25, 0.3) is 0 Å². The molecule has 0 radical (unpaired) electrons. The molecule has 0 aromatic heterocycles. The minimum atomic E-state index is 0. The number of hydrogen-bond donors (Lipinski definition) is 2. The Morgan fingerprint density at radius 2 is 1.85 bits per heavy atom. The molecule has 0 aromatic carbocycles. The lowest BCUT2D eigenvalue weighted by Crippen LogP contribution is -2.40. The molecule has 1 atom stereocenters. The van der Waals surface area contributed by atoms with Crippen molar-refractivity contribution in [1.29, 1.82) is 0 Å². The summed E-state index contributed by atoms with van der Waals surface area (Å²) in [6.45, 7) is 14.2. The van der Waals surface area contributed by atoms with Crippen molar-refractivity contribution < 1.29 is 4.74 Å². The van der Waals surface area contributed by atoms with Crippen LogP contribution in [0.15, 0.2) is 4.99 Å². The summed E-state index contributed by atoms with van der Waals surface area (Å²) in [5, 5.41) is 6.60. The summed E-state index contributed by atoms with van der Waals surface area (Å²) in [5.41, 5.74) is 0. The molecule has 0 fully saturated rings. The van der Waals surface area contributed by atoms with Crippen LogP contribution in [0.2, 0.25) is 0 Å². The second kappa shape index (κ2) is 15.3. The Balaban J connectivity index is 0. The van der Waals surface area contributed by atoms with Gasteiger partial charge in [-0.2, -0.15) is 0 Å². The number of methoxy groups -OCH3 is 1. The topological polar surface area (TPSA) is 48.9 Å². The highest BCUT2D eigenvalue weighted by atomic mass is 127. The highest BCUT2D eigenvalue weighted by Gasteiger charge is 2.09. The molecule has 1 unspecified atom stereocenters. The van der Waals surface area contributed by atoms with Gasteiger partial charge in [-0.1, -0.05) is 13.8 Å². The fraction of sp³-hybridized carbons (Fsp3) is 0.929. The number of hydrogen-bond acceptors (Lipinski definition) is 3. The third-order valence-corrected chi connectivity index (χ3v) is 3.11. The van der Waals surface area contributed by atoms with Crippen LogP contribution in [-0.2, 0) is 4.74 Å². The van der Waals surface area contributed by atoms with E-state index in [0.717, 1.165) is 51.7 Å². The van der Waals surface area contributed by atoms with E-state index < -0.39 is 0 Å². The molecule has 5 nitrogen and oxygen atoms in total. The highest BCUT2D eigenvalue weighted by molar-refractivity contribution is 14.0. The number of aliphatic imine (C=N–C) groups is 1. The average molecular weight is 400 g/mol. The van der Waals surface area contributed by atoms with Gasteiger partial charge < -0.3 is 15.4 Å². The zero-order valence-electron chi connectivity index (χ0n) is 13.7. The standard InChI is InChI=1S/C14H32N4O.HI/c1-6-15-14(16-10-9-11-19-5)17-12-13(4)18(7-2)8-3;/h13H,6-12H2,1-5H3,(H2,15,16,17);1H. The molecular weight excluding hydrogens is 367 g/mol. The number of guanidine groups is 1. The Morgan fingerprint density at radius 1 is 1.20 bits per heavy atom. The maximum Gasteiger partial charge on any atom is 0.191 e. The second-order valence-electron chi connectivity index (χ2n) is 4.56. The van der Waals surface area contributed by atoms with Crippen LogP contribution < -0.4 is 10.6 Å². The quantitative estimate of drug-likeness (QED) is 0.255. The van der Waals surface area contributed by atoms with Crippen LogP contribution in [0.3, 0.4) is 0 Å². The first-order valence-corrected chi connectivity index (χ1v) is 7.44. The molecule has 0 spiro atoms. The van der Waals surface area contributed by atoms with Gasteiger partial charge in [-0.3, -0.25) is 9.89 Å². The van der Waals surface area contributed by atoms with Gasteiger partial charge in [-0.15, -0.1) is 24.0 Å². The molecule has 20 heavy (non-hydrogen) atoms. The van der Waals surface area contributed by atoms with Crippen molar-refractivity contribution in [3.8, 4) is 0 Å². The molecule has 0 aromatic rings. The third kappa shape index (κ3) is 10.7. The lowest BCUT2D eigenvalue weighted by Gasteiger charge is -2.25. The Hall–Kier alpha value is -0.0800. The maximum atomic E-state index is 5.04. The monoisotopic (exact) mass is 400 g/mol. The van der Waals surface area contributed by atoms with E-state index >= 15 is 0 Å². The summed E-state index contributed by atoms with van der Waals surface area (Å²) < 4.78 is 5.04. The molecule has 0 saturated carbocycles. The van der Waals surface area contributed by atoms with Crippen molar-refractivity contribution in [3.05, 3.63) is 0 Å². The van der Waals surface area contributed by atoms with E-state index in [0.29, 0.717) is 6.04 Å². The molecule has 0 amide bonds. The van der Waals surface area contributed by atoms with E-state index in [1.54, 1.807) is 7.11 Å². The van der Waals surface area contributed by atoms with Crippen molar-refractivity contribution >= 4 is 29.9 Å². The van der Waals surface area contributed by atoms with E-state index in [-0.39, 0.29) is 24.0 Å². The maximum absolute atomic E-state index is 5.04. The van der Waals surface area contributed by atoms with Crippen molar-refractivity contribution in [3.63, 3.8) is 0 Å². The summed E-state index contributed by atoms with van der Waals surface area (Å²) in [6, 6.07) is 0.476. The van der Waals surface area contributed by atoms with Gasteiger partial charge in [0.15, 0.2) is 5.96 Å². The number of rotatable bonds is 10. The Kier molecular flexibility index (Phi) is 17.0. The SMILES string of the molecule is CCNC(=NCC(C)N(CC)CC)NCCCOC.I. The Labute approximate surface area is 141 Å². The molecule has 2 N–H and O–H groups in total. The number of nitrogens with one attached hydrogen (secondary N) is 2. The summed E-state index contributed by atoms with van der Waals surface area (Å²) in [7, 11) is 1.73. The van der Waals surface area contributed by atoms with Crippen molar-refractivity contribution in [2.75, 3.05) is 46.4 Å². The zero-order valence-corrected chi connectivity index (χ0v) is 16.1. The summed E-state index contributed by atoms with van der Waals surface area (Å²) in [5.74, 6) is 0.901. The van der Waals surface area contributed by atoms with E-state index in [4.69, 9.17) is 4.74 Å². The number of ether oxygens (including phenoxy) is 1. The van der Waals surface area contributed by atoms with Crippen LogP contribution in [0.4, 0.5) is 0 Å². The van der Waals surface area contributed by atoms with Crippen molar-refractivity contribution in [2.24, 2.45) is 4.99 Å². The van der Waals surface area contributed by atoms with E-state index in [1.807, 2.05) is 0 Å². The van der Waals surface area contributed by atoms with Gasteiger partial charge in [0, 0.05) is 32.8 Å². The highest BCUT2D eigenvalue weighted by Crippen LogP contribution is 1.98. The first-order chi connectivity index (χ1) is 9.19. The first kappa shape index (κ1) is 22.2. The van der Waals surface area contributed by atoms with Crippen LogP contribution >= 0.6 is 24.0 Å². The van der Waals surface area contributed by atoms with Gasteiger partial charge in [-0.05, 0) is 33.4 Å². The Morgan fingerprint density at radius 3 is 2.35 bits per heavy atom. The van der Waals surface area contributed by atoms with Crippen LogP contribution in [0, 0.1) is 0 Å². The molecule has 122 valence electrons.